The van der Waals surface area contributed by atoms with Crippen LogP contribution in [-0.2, 0) is 18.7 Å². The predicted octanol–water partition coefficient (Wildman–Crippen LogP) is 5.39. The van der Waals surface area contributed by atoms with E-state index >= 15 is 0 Å². The van der Waals surface area contributed by atoms with Gasteiger partial charge >= 0.3 is 0 Å². The lowest BCUT2D eigenvalue weighted by molar-refractivity contribution is 0.460. The minimum atomic E-state index is 0.451. The van der Waals surface area contributed by atoms with Gasteiger partial charge in [-0.05, 0) is 48.2 Å². The number of nitrogens with zero attached hydrogens (tertiary/aromatic N) is 1. The normalized spacial score (nSPS) is 10.6. The maximum Gasteiger partial charge on any atom is 0.219 e. The molecule has 0 N–H and O–H groups in total. The first-order chi connectivity index (χ1) is 9.66. The van der Waals surface area contributed by atoms with Gasteiger partial charge in [0, 0.05) is 22.7 Å². The van der Waals surface area contributed by atoms with Crippen molar-refractivity contribution in [3.63, 3.8) is 0 Å². The van der Waals surface area contributed by atoms with Crippen molar-refractivity contribution >= 4 is 23.2 Å². The topological polar surface area (TPSA) is 22.1 Å². The standard InChI is InChI=1S/C16H17Cl2NO/c1-3-12-9-14(5-6-15(12)18)20-16-8-11(10-17)7-13(4-2)19-16/h5-9H,3-4,10H2,1-2H3. The Morgan fingerprint density at radius 3 is 2.55 bits per heavy atom. The second kappa shape index (κ2) is 6.96. The van der Waals surface area contributed by atoms with Gasteiger partial charge in [-0.25, -0.2) is 4.98 Å². The molecule has 0 aliphatic rings. The van der Waals surface area contributed by atoms with Gasteiger partial charge in [-0.2, -0.15) is 0 Å². The molecule has 20 heavy (non-hydrogen) atoms. The van der Waals surface area contributed by atoms with E-state index in [1.807, 2.05) is 30.3 Å². The number of hydrogen-bond acceptors (Lipinski definition) is 2. The van der Waals surface area contributed by atoms with E-state index in [0.29, 0.717) is 11.8 Å². The third-order valence-corrected chi connectivity index (χ3v) is 3.73. The summed E-state index contributed by atoms with van der Waals surface area (Å²) in [4.78, 5) is 4.46. The lowest BCUT2D eigenvalue weighted by Crippen LogP contribution is -1.95. The average Bonchev–Trinajstić information content (AvgIpc) is 2.48. The van der Waals surface area contributed by atoms with Crippen LogP contribution < -0.4 is 4.74 Å². The minimum absolute atomic E-state index is 0.451. The van der Waals surface area contributed by atoms with Crippen molar-refractivity contribution in [2.24, 2.45) is 0 Å². The highest BCUT2D eigenvalue weighted by Crippen LogP contribution is 2.27. The molecule has 0 saturated carbocycles. The van der Waals surface area contributed by atoms with Gasteiger partial charge in [-0.15, -0.1) is 11.6 Å². The molecule has 106 valence electrons. The maximum absolute atomic E-state index is 6.11. The Morgan fingerprint density at radius 2 is 1.90 bits per heavy atom. The lowest BCUT2D eigenvalue weighted by atomic mass is 10.1. The molecule has 0 spiro atoms. The molecule has 0 aliphatic heterocycles. The number of ether oxygens (including phenoxy) is 1. The molecule has 0 amide bonds. The molecule has 0 aliphatic carbocycles. The van der Waals surface area contributed by atoms with Gasteiger partial charge in [0.05, 0.1) is 0 Å². The van der Waals surface area contributed by atoms with Gasteiger partial charge in [0.1, 0.15) is 5.75 Å². The van der Waals surface area contributed by atoms with Crippen LogP contribution in [0.2, 0.25) is 5.02 Å². The Morgan fingerprint density at radius 1 is 1.10 bits per heavy atom. The smallest absolute Gasteiger partial charge is 0.219 e. The molecule has 0 unspecified atom stereocenters. The van der Waals surface area contributed by atoms with Crippen molar-refractivity contribution < 1.29 is 4.74 Å². The van der Waals surface area contributed by atoms with Crippen LogP contribution in [-0.4, -0.2) is 4.98 Å². The summed E-state index contributed by atoms with van der Waals surface area (Å²) in [6, 6.07) is 9.51. The predicted molar refractivity (Wildman–Crippen MR) is 84.1 cm³/mol. The molecular weight excluding hydrogens is 293 g/mol. The van der Waals surface area contributed by atoms with Crippen LogP contribution in [0.3, 0.4) is 0 Å². The van der Waals surface area contributed by atoms with Crippen molar-refractivity contribution in [2.75, 3.05) is 0 Å². The zero-order chi connectivity index (χ0) is 14.5. The number of halogens is 2. The van der Waals surface area contributed by atoms with Gasteiger partial charge in [0.2, 0.25) is 5.88 Å². The van der Waals surface area contributed by atoms with Gasteiger partial charge < -0.3 is 4.74 Å². The molecule has 1 heterocycles. The van der Waals surface area contributed by atoms with Crippen molar-refractivity contribution in [1.29, 1.82) is 0 Å². The van der Waals surface area contributed by atoms with Crippen molar-refractivity contribution in [1.82, 2.24) is 4.98 Å². The Labute approximate surface area is 129 Å². The second-order valence-electron chi connectivity index (χ2n) is 4.50. The molecule has 0 fully saturated rings. The molecule has 0 saturated heterocycles. The van der Waals surface area contributed by atoms with Crippen LogP contribution in [0, 0.1) is 0 Å². The number of alkyl halides is 1. The number of aryl methyl sites for hydroxylation is 2. The van der Waals surface area contributed by atoms with E-state index in [0.717, 1.165) is 40.4 Å². The van der Waals surface area contributed by atoms with E-state index in [1.54, 1.807) is 0 Å². The fourth-order valence-corrected chi connectivity index (χ4v) is 2.34. The Balaban J connectivity index is 2.29. The van der Waals surface area contributed by atoms with Gasteiger partial charge in [0.15, 0.2) is 0 Å². The minimum Gasteiger partial charge on any atom is -0.439 e. The maximum atomic E-state index is 6.11. The van der Waals surface area contributed by atoms with E-state index < -0.39 is 0 Å². The summed E-state index contributed by atoms with van der Waals surface area (Å²) in [7, 11) is 0. The largest absolute Gasteiger partial charge is 0.439 e. The van der Waals surface area contributed by atoms with Crippen LogP contribution in [0.15, 0.2) is 30.3 Å². The van der Waals surface area contributed by atoms with Crippen molar-refractivity contribution in [2.45, 2.75) is 32.6 Å². The molecule has 2 rings (SSSR count). The van der Waals surface area contributed by atoms with Crippen LogP contribution in [0.5, 0.6) is 11.6 Å². The third kappa shape index (κ3) is 3.65. The van der Waals surface area contributed by atoms with E-state index in [2.05, 4.69) is 18.8 Å². The van der Waals surface area contributed by atoms with Crippen LogP contribution >= 0.6 is 23.2 Å². The van der Waals surface area contributed by atoms with E-state index in [4.69, 9.17) is 27.9 Å². The Hall–Kier alpha value is -1.25. The van der Waals surface area contributed by atoms with Crippen LogP contribution in [0.1, 0.15) is 30.7 Å². The Bertz CT molecular complexity index is 577. The first-order valence-corrected chi connectivity index (χ1v) is 7.59. The molecule has 1 aromatic heterocycles. The van der Waals surface area contributed by atoms with Crippen LogP contribution in [0.4, 0.5) is 0 Å². The highest BCUT2D eigenvalue weighted by molar-refractivity contribution is 6.31. The summed E-state index contributed by atoms with van der Waals surface area (Å²) in [6.45, 7) is 4.12. The quantitative estimate of drug-likeness (QED) is 0.691. The SMILES string of the molecule is CCc1cc(CCl)cc(Oc2ccc(Cl)c(CC)c2)n1. The lowest BCUT2D eigenvalue weighted by Gasteiger charge is -2.10. The van der Waals surface area contributed by atoms with Gasteiger partial charge in [-0.3, -0.25) is 0 Å². The molecule has 0 radical (unpaired) electrons. The van der Waals surface area contributed by atoms with E-state index in [9.17, 15) is 0 Å². The zero-order valence-corrected chi connectivity index (χ0v) is 13.1. The van der Waals surface area contributed by atoms with Crippen molar-refractivity contribution in [3.8, 4) is 11.6 Å². The molecule has 0 atom stereocenters. The molecule has 2 nitrogen and oxygen atoms in total. The molecule has 0 bridgehead atoms. The summed E-state index contributed by atoms with van der Waals surface area (Å²) < 4.78 is 5.83. The zero-order valence-electron chi connectivity index (χ0n) is 11.6. The van der Waals surface area contributed by atoms with Crippen LogP contribution in [0.25, 0.3) is 0 Å². The number of pyridine rings is 1. The second-order valence-corrected chi connectivity index (χ2v) is 5.18. The summed E-state index contributed by atoms with van der Waals surface area (Å²) >= 11 is 12.0. The molecule has 2 aromatic rings. The molecule has 4 heteroatoms. The summed E-state index contributed by atoms with van der Waals surface area (Å²) in [5, 5.41) is 0.761. The highest BCUT2D eigenvalue weighted by Gasteiger charge is 2.06. The molecular formula is C16H17Cl2NO. The number of benzene rings is 1. The van der Waals surface area contributed by atoms with Gasteiger partial charge in [-0.1, -0.05) is 25.4 Å². The van der Waals surface area contributed by atoms with E-state index in [-0.39, 0.29) is 0 Å². The highest BCUT2D eigenvalue weighted by atomic mass is 35.5. The fraction of sp³-hybridized carbons (Fsp3) is 0.312. The first-order valence-electron chi connectivity index (χ1n) is 6.68. The summed E-state index contributed by atoms with van der Waals surface area (Å²) in [5.74, 6) is 1.77. The number of aromatic nitrogens is 1. The molecule has 1 aromatic carbocycles. The first kappa shape index (κ1) is 15.1. The summed E-state index contributed by atoms with van der Waals surface area (Å²) in [6.07, 6.45) is 1.72. The van der Waals surface area contributed by atoms with Gasteiger partial charge in [0.25, 0.3) is 0 Å². The Kier molecular flexibility index (Phi) is 5.27. The average molecular weight is 310 g/mol. The monoisotopic (exact) mass is 309 g/mol. The van der Waals surface area contributed by atoms with Crippen molar-refractivity contribution in [3.05, 3.63) is 52.2 Å². The fourth-order valence-electron chi connectivity index (χ4n) is 1.94. The third-order valence-electron chi connectivity index (χ3n) is 3.05. The summed E-state index contributed by atoms with van der Waals surface area (Å²) in [5.41, 5.74) is 3.05. The number of rotatable bonds is 5. The number of hydrogen-bond donors (Lipinski definition) is 0. The van der Waals surface area contributed by atoms with E-state index in [1.165, 1.54) is 0 Å².